The van der Waals surface area contributed by atoms with Gasteiger partial charge in [0.2, 0.25) is 23.1 Å². The third-order valence-electron chi connectivity index (χ3n) is 11.2. The number of anilines is 4. The molecule has 4 aromatic rings. The molecule has 0 saturated carbocycles. The molecule has 20 nitrogen and oxygen atoms in total. The van der Waals surface area contributed by atoms with Gasteiger partial charge in [0, 0.05) is 20.5 Å². The number of carbonyl (C=O) groups excluding carboxylic acids is 4. The van der Waals surface area contributed by atoms with Crippen LogP contribution in [0.3, 0.4) is 0 Å². The smallest absolute Gasteiger partial charge is 0.200 e. The van der Waals surface area contributed by atoms with Gasteiger partial charge in [-0.05, 0) is 59.0 Å². The van der Waals surface area contributed by atoms with E-state index < -0.39 is 54.2 Å². The summed E-state index contributed by atoms with van der Waals surface area (Å²) in [5, 5.41) is 94.6. The monoisotopic (exact) mass is 1110 g/mol. The Hall–Kier alpha value is -5.85. The molecule has 22 heteroatoms. The molecule has 0 fully saturated rings. The number of quaternary nitrogens is 4. The summed E-state index contributed by atoms with van der Waals surface area (Å²) in [4.78, 5) is 54.8. The second-order valence-electron chi connectivity index (χ2n) is 20.7. The minimum absolute atomic E-state index is 0.0364. The van der Waals surface area contributed by atoms with E-state index in [-0.39, 0.29) is 76.2 Å². The number of phenols is 4. The van der Waals surface area contributed by atoms with Crippen molar-refractivity contribution in [2.45, 2.75) is 19.6 Å². The molecular weight excluding hydrogens is 1050 g/mol. The van der Waals surface area contributed by atoms with Crippen molar-refractivity contribution < 1.29 is 79.0 Å². The summed E-state index contributed by atoms with van der Waals surface area (Å²) >= 11 is 2.05. The predicted molar refractivity (Wildman–Crippen MR) is 278 cm³/mol. The summed E-state index contributed by atoms with van der Waals surface area (Å²) in [6.07, 6.45) is 0. The van der Waals surface area contributed by atoms with Crippen molar-refractivity contribution in [3.63, 3.8) is 0 Å². The van der Waals surface area contributed by atoms with Gasteiger partial charge in [0.25, 0.3) is 0 Å². The fourth-order valence-corrected chi connectivity index (χ4v) is 8.95. The number of phenolic OH excluding ortho intramolecular Hbond substituents is 4. The Balaban J connectivity index is 0.000000267. The second kappa shape index (κ2) is 21.1. The number of carbonyl (C=O) groups is 4. The fourth-order valence-electron chi connectivity index (χ4n) is 7.67. The number of halogens is 1. The number of likely N-dealkylation sites (N-methyl/N-ethyl adjacent to an activating group) is 4. The summed E-state index contributed by atoms with van der Waals surface area (Å²) in [7, 11) is 11.1. The summed E-state index contributed by atoms with van der Waals surface area (Å²) in [6.45, 7) is 8.70. The zero-order valence-corrected chi connectivity index (χ0v) is 45.2. The largest absolute Gasteiger partial charge is 0.507 e. The van der Waals surface area contributed by atoms with Crippen molar-refractivity contribution in [1.29, 1.82) is 0 Å². The number of rotatable bonds is 16. The lowest BCUT2D eigenvalue weighted by Gasteiger charge is -2.27. The molecule has 0 aromatic heterocycles. The van der Waals surface area contributed by atoms with E-state index in [4.69, 9.17) is 0 Å². The first-order valence-corrected chi connectivity index (χ1v) is 27.3. The molecule has 71 heavy (non-hydrogen) atoms. The number of fused-ring (bicyclic) bond motifs is 4. The van der Waals surface area contributed by atoms with Crippen LogP contribution in [0.2, 0.25) is 19.6 Å². The van der Waals surface area contributed by atoms with Crippen LogP contribution in [0.1, 0.15) is 69.2 Å². The number of nitrogens with one attached hydrogen (secondary N) is 4. The molecule has 0 saturated heterocycles. The molecule has 0 unspecified atom stereocenters. The Morgan fingerprint density at radius 3 is 1.10 bits per heavy atom. The van der Waals surface area contributed by atoms with Crippen molar-refractivity contribution >= 4 is 76.5 Å². The van der Waals surface area contributed by atoms with Gasteiger partial charge in [-0.3, -0.25) is 19.2 Å². The minimum Gasteiger partial charge on any atom is -0.507 e. The van der Waals surface area contributed by atoms with Crippen molar-refractivity contribution in [3.8, 4) is 34.5 Å². The van der Waals surface area contributed by atoms with Gasteiger partial charge in [0.15, 0.2) is 0 Å². The van der Waals surface area contributed by atoms with Crippen LogP contribution in [0.15, 0.2) is 36.4 Å². The normalized spacial score (nSPS) is 13.5. The standard InChI is InChI=1S/C27H36N4O6Si.C22H27IN4O6/c1-30(2,36)13-11-28-18-16-17(10-15-38(5,6)7)25(29-12-14-31(3,4)37)24-21(18)26(34)22-19(32)8-9-20(33)23(22)27(24)35;1-26(2,32)9-7-24-13-11-12(23)20(25-8-10-27(3,4)33)19-16(13)21(30)17-14(28)5-6-15(29)18(17)22(19)31/h8-9,16,36-37H,11-14H2,1-7H3,(H2-2,28,29,32,33,34,35);5-6,11,32-33H,7-10H2,1-4H3,(H2-2,24,25,28,29,30,31)/p+4. The first kappa shape index (κ1) is 56.1. The Morgan fingerprint density at radius 1 is 0.465 bits per heavy atom. The summed E-state index contributed by atoms with van der Waals surface area (Å²) in [5.74, 6) is -0.820. The topological polar surface area (TPSA) is 278 Å². The zero-order chi connectivity index (χ0) is 53.3. The molecule has 0 atom stereocenters. The van der Waals surface area contributed by atoms with Gasteiger partial charge in [-0.1, -0.05) is 25.6 Å². The van der Waals surface area contributed by atoms with E-state index in [9.17, 15) is 60.4 Å². The molecule has 0 amide bonds. The Kier molecular flexibility index (Phi) is 16.6. The van der Waals surface area contributed by atoms with Crippen LogP contribution >= 0.6 is 22.6 Å². The van der Waals surface area contributed by atoms with Crippen LogP contribution in [0, 0.1) is 15.0 Å². The average Bonchev–Trinajstić information content (AvgIpc) is 3.21. The highest BCUT2D eigenvalue weighted by molar-refractivity contribution is 14.1. The maximum absolute atomic E-state index is 13.9. The summed E-state index contributed by atoms with van der Waals surface area (Å²) < 4.78 is -0.545. The van der Waals surface area contributed by atoms with Crippen LogP contribution in [-0.2, 0) is 0 Å². The van der Waals surface area contributed by atoms with E-state index in [1.165, 1.54) is 24.3 Å². The van der Waals surface area contributed by atoms with E-state index in [0.29, 0.717) is 71.2 Å². The zero-order valence-electron chi connectivity index (χ0n) is 42.0. The number of aromatic hydroxyl groups is 4. The SMILES string of the molecule is C[N+](C)(O)CCNc1cc(C#C[Si](C)(C)C)c(NCC[N+](C)(C)O)c2c1C(=O)c1c(O)ccc(O)c1C2=O.C[N+](C)(O)CCNc1cc(I)c(NCC[N+](C)(C)O)c2c1C(=O)c1c(O)ccc(O)c1C2=O. The molecule has 4 aromatic carbocycles. The number of hydrogen-bond acceptors (Lipinski definition) is 16. The molecule has 2 aliphatic rings. The first-order chi connectivity index (χ1) is 32.6. The number of nitrogens with zero attached hydrogens (tertiary/aromatic N) is 4. The number of ketones is 4. The quantitative estimate of drug-likeness (QED) is 0.0150. The molecule has 0 radical (unpaired) electrons. The second-order valence-corrected chi connectivity index (χ2v) is 26.6. The van der Waals surface area contributed by atoms with E-state index in [1.54, 1.807) is 68.5 Å². The van der Waals surface area contributed by atoms with Crippen LogP contribution in [-0.4, -0.2) is 200 Å². The molecule has 382 valence electrons. The summed E-state index contributed by atoms with van der Waals surface area (Å²) in [6, 6.07) is 8.12. The highest BCUT2D eigenvalue weighted by Gasteiger charge is 2.41. The van der Waals surface area contributed by atoms with E-state index in [1.807, 2.05) is 0 Å². The number of hydrogen-bond donors (Lipinski definition) is 12. The van der Waals surface area contributed by atoms with Crippen LogP contribution in [0.25, 0.3) is 0 Å². The van der Waals surface area contributed by atoms with Crippen molar-refractivity contribution in [2.24, 2.45) is 0 Å². The van der Waals surface area contributed by atoms with E-state index in [0.717, 1.165) is 0 Å². The summed E-state index contributed by atoms with van der Waals surface area (Å²) in [5.41, 5.74) is 4.50. The van der Waals surface area contributed by atoms with Crippen LogP contribution < -0.4 is 21.3 Å². The molecule has 0 aliphatic heterocycles. The number of hydroxylamine groups is 12. The lowest BCUT2D eigenvalue weighted by molar-refractivity contribution is -1.07. The maximum Gasteiger partial charge on any atom is 0.200 e. The van der Waals surface area contributed by atoms with Crippen LogP contribution in [0.4, 0.5) is 22.7 Å². The maximum atomic E-state index is 13.9. The van der Waals surface area contributed by atoms with E-state index in [2.05, 4.69) is 75.0 Å². The lowest BCUT2D eigenvalue weighted by Crippen LogP contribution is -2.40. The van der Waals surface area contributed by atoms with Gasteiger partial charge in [-0.15, -0.1) is 5.54 Å². The predicted octanol–water partition coefficient (Wildman–Crippen LogP) is 5.09. The van der Waals surface area contributed by atoms with Gasteiger partial charge in [-0.2, -0.15) is 18.6 Å². The van der Waals surface area contributed by atoms with Gasteiger partial charge in [0.1, 0.15) is 57.3 Å². The van der Waals surface area contributed by atoms with Gasteiger partial charge < -0.3 is 41.7 Å². The Morgan fingerprint density at radius 2 is 0.761 bits per heavy atom. The first-order valence-electron chi connectivity index (χ1n) is 22.7. The molecule has 0 spiro atoms. The Labute approximate surface area is 427 Å². The lowest BCUT2D eigenvalue weighted by atomic mass is 9.80. The van der Waals surface area contributed by atoms with Crippen molar-refractivity contribution in [1.82, 2.24) is 0 Å². The molecular formula is C49H67IN8O12Si+4. The molecule has 2 aliphatic carbocycles. The minimum atomic E-state index is -1.84. The van der Waals surface area contributed by atoms with Crippen LogP contribution in [0.5, 0.6) is 23.0 Å². The van der Waals surface area contributed by atoms with Gasteiger partial charge in [0.05, 0.1) is 138 Å². The van der Waals surface area contributed by atoms with Gasteiger partial charge in [-0.25, -0.2) is 20.8 Å². The van der Waals surface area contributed by atoms with Crippen molar-refractivity contribution in [3.05, 3.63) is 90.0 Å². The van der Waals surface area contributed by atoms with E-state index >= 15 is 0 Å². The Bertz CT molecular complexity index is 2850. The molecule has 0 bridgehead atoms. The molecule has 12 N–H and O–H groups in total. The average molecular weight is 1120 g/mol. The molecule has 0 heterocycles. The van der Waals surface area contributed by atoms with Crippen molar-refractivity contribution in [2.75, 3.05) is 130 Å². The number of benzene rings is 4. The highest BCUT2D eigenvalue weighted by Crippen LogP contribution is 2.45. The highest BCUT2D eigenvalue weighted by atomic mass is 127. The fraction of sp³-hybridized carbons (Fsp3) is 0.388. The third kappa shape index (κ3) is 13.8. The molecule has 6 rings (SSSR count). The van der Waals surface area contributed by atoms with Gasteiger partial charge >= 0.3 is 0 Å². The third-order valence-corrected chi connectivity index (χ3v) is 12.9.